The molecule has 0 amide bonds. The molecule has 1 N–H and O–H groups in total. The Morgan fingerprint density at radius 1 is 0.471 bits per heavy atom. The van der Waals surface area contributed by atoms with Crippen LogP contribution in [0.15, 0.2) is 121 Å². The molecule has 0 saturated heterocycles. The fraction of sp³-hybridized carbons (Fsp3) is 0.405. The van der Waals surface area contributed by atoms with E-state index in [4.69, 9.17) is 9.47 Å². The SMILES string of the molecule is CCCCCCOc1ccc(N(c2ccc(OCCCCCC)cc2)c2ccc(-c3cc4c(-c5ccc(CCCCCC)s5)c5sc(-c6cc(CCCCCC)c(/C=C(\C#N)C(=O)O)s6)cc5c(-c5ccc(CCCCCC)s5)c4s3)cc2)cc1. The largest absolute Gasteiger partial charge is 0.494 e. The number of nitriles is 1. The van der Waals surface area contributed by atoms with E-state index < -0.39 is 5.97 Å². The van der Waals surface area contributed by atoms with E-state index in [0.29, 0.717) is 0 Å². The summed E-state index contributed by atoms with van der Waals surface area (Å²) in [4.78, 5) is 24.4. The summed E-state index contributed by atoms with van der Waals surface area (Å²) in [5.41, 5.74) is 7.85. The topological polar surface area (TPSA) is 82.8 Å². The van der Waals surface area contributed by atoms with E-state index in [1.54, 1.807) is 17.4 Å². The molecule has 11 heteroatoms. The fourth-order valence-corrected chi connectivity index (χ4v) is 17.3. The number of carboxylic acid groups (broad SMARTS) is 1. The maximum Gasteiger partial charge on any atom is 0.346 e. The molecule has 0 unspecified atom stereocenters. The Morgan fingerprint density at radius 2 is 0.894 bits per heavy atom. The molecule has 0 fully saturated rings. The quantitative estimate of drug-likeness (QED) is 0.0239. The number of unbranched alkanes of at least 4 members (excludes halogenated alkanes) is 15. The van der Waals surface area contributed by atoms with Crippen molar-refractivity contribution < 1.29 is 19.4 Å². The number of ether oxygens (including phenoxy) is 2. The smallest absolute Gasteiger partial charge is 0.346 e. The molecule has 0 radical (unpaired) electrons. The predicted molar refractivity (Wildman–Crippen MR) is 371 cm³/mol. The zero-order valence-electron chi connectivity index (χ0n) is 50.8. The van der Waals surface area contributed by atoms with E-state index in [0.717, 1.165) is 115 Å². The molecule has 0 atom stereocenters. The monoisotopic (exact) mass is 1230 g/mol. The number of hydrogen-bond acceptors (Lipinski definition) is 10. The summed E-state index contributed by atoms with van der Waals surface area (Å²) in [6.07, 6.45) is 28.3. The van der Waals surface area contributed by atoms with Gasteiger partial charge in [-0.1, -0.05) is 143 Å². The highest BCUT2D eigenvalue weighted by atomic mass is 32.1. The number of aliphatic carboxylic acids is 1. The Bertz CT molecular complexity index is 3440. The van der Waals surface area contributed by atoms with Crippen molar-refractivity contribution in [1.29, 1.82) is 5.26 Å². The zero-order chi connectivity index (χ0) is 59.3. The van der Waals surface area contributed by atoms with E-state index in [-0.39, 0.29) is 5.57 Å². The summed E-state index contributed by atoms with van der Waals surface area (Å²) in [6.45, 7) is 12.7. The molecule has 6 nitrogen and oxygen atoms in total. The third-order valence-electron chi connectivity index (χ3n) is 16.0. The van der Waals surface area contributed by atoms with Crippen LogP contribution in [0.3, 0.4) is 0 Å². The van der Waals surface area contributed by atoms with Gasteiger partial charge in [-0.3, -0.25) is 0 Å². The van der Waals surface area contributed by atoms with Crippen molar-refractivity contribution in [2.45, 2.75) is 182 Å². The Labute approximate surface area is 526 Å². The van der Waals surface area contributed by atoms with Crippen molar-refractivity contribution >= 4 is 106 Å². The summed E-state index contributed by atoms with van der Waals surface area (Å²) >= 11 is 9.29. The highest BCUT2D eigenvalue weighted by Crippen LogP contribution is 2.55. The normalized spacial score (nSPS) is 11.7. The summed E-state index contributed by atoms with van der Waals surface area (Å²) in [5, 5.41) is 22.5. The Morgan fingerprint density at radius 3 is 1.35 bits per heavy atom. The zero-order valence-corrected chi connectivity index (χ0v) is 54.9. The van der Waals surface area contributed by atoms with Crippen LogP contribution in [0.5, 0.6) is 11.5 Å². The first-order valence-corrected chi connectivity index (χ1v) is 35.9. The van der Waals surface area contributed by atoms with Crippen molar-refractivity contribution in [3.8, 4) is 58.6 Å². The van der Waals surface area contributed by atoms with E-state index in [1.807, 2.05) is 51.4 Å². The van der Waals surface area contributed by atoms with Crippen LogP contribution in [0.2, 0.25) is 0 Å². The first-order chi connectivity index (χ1) is 41.7. The summed E-state index contributed by atoms with van der Waals surface area (Å²) in [7, 11) is 0. The maximum absolute atomic E-state index is 12.2. The molecule has 446 valence electrons. The molecule has 0 bridgehead atoms. The minimum Gasteiger partial charge on any atom is -0.494 e. The number of nitrogens with zero attached hydrogens (tertiary/aromatic N) is 2. The average molecular weight is 1230 g/mol. The minimum absolute atomic E-state index is 0.230. The number of hydrogen-bond donors (Lipinski definition) is 1. The van der Waals surface area contributed by atoms with Crippen LogP contribution in [-0.4, -0.2) is 24.3 Å². The summed E-state index contributed by atoms with van der Waals surface area (Å²) in [5.74, 6) is 0.591. The van der Waals surface area contributed by atoms with Crippen molar-refractivity contribution in [3.05, 3.63) is 141 Å². The van der Waals surface area contributed by atoms with Crippen molar-refractivity contribution in [2.24, 2.45) is 0 Å². The third kappa shape index (κ3) is 16.8. The second-order valence-corrected chi connectivity index (χ2v) is 28.1. The Hall–Kier alpha value is -6.00. The van der Waals surface area contributed by atoms with Gasteiger partial charge in [-0.05, 0) is 172 Å². The van der Waals surface area contributed by atoms with Crippen LogP contribution in [0, 0.1) is 11.3 Å². The minimum atomic E-state index is -1.19. The van der Waals surface area contributed by atoms with Gasteiger partial charge in [0.1, 0.15) is 23.1 Å². The van der Waals surface area contributed by atoms with Gasteiger partial charge in [0.25, 0.3) is 0 Å². The van der Waals surface area contributed by atoms with Gasteiger partial charge in [-0.15, -0.1) is 56.7 Å². The van der Waals surface area contributed by atoms with Crippen LogP contribution in [0.1, 0.15) is 183 Å². The van der Waals surface area contributed by atoms with Crippen LogP contribution in [0.25, 0.3) is 67.3 Å². The molecule has 0 aliphatic rings. The van der Waals surface area contributed by atoms with Gasteiger partial charge in [-0.2, -0.15) is 5.26 Å². The van der Waals surface area contributed by atoms with Gasteiger partial charge in [0.15, 0.2) is 0 Å². The van der Waals surface area contributed by atoms with E-state index in [9.17, 15) is 15.2 Å². The lowest BCUT2D eigenvalue weighted by Crippen LogP contribution is -2.10. The van der Waals surface area contributed by atoms with Crippen molar-refractivity contribution in [2.75, 3.05) is 18.1 Å². The first-order valence-electron chi connectivity index (χ1n) is 31.8. The molecule has 85 heavy (non-hydrogen) atoms. The van der Waals surface area contributed by atoms with E-state index >= 15 is 0 Å². The summed E-state index contributed by atoms with van der Waals surface area (Å²) < 4.78 is 15.0. The molecule has 5 aromatic heterocycles. The lowest BCUT2D eigenvalue weighted by Gasteiger charge is -2.26. The van der Waals surface area contributed by atoms with Gasteiger partial charge in [0.2, 0.25) is 0 Å². The van der Waals surface area contributed by atoms with Crippen molar-refractivity contribution in [1.82, 2.24) is 0 Å². The number of thiophene rings is 5. The first kappa shape index (κ1) is 63.5. The lowest BCUT2D eigenvalue weighted by molar-refractivity contribution is -0.132. The molecular weight excluding hydrogens is 1140 g/mol. The van der Waals surface area contributed by atoms with Gasteiger partial charge in [-0.25, -0.2) is 4.79 Å². The highest BCUT2D eigenvalue weighted by molar-refractivity contribution is 7.28. The number of aryl methyl sites for hydroxylation is 3. The number of fused-ring (bicyclic) bond motifs is 2. The Kier molecular flexibility index (Phi) is 24.4. The van der Waals surface area contributed by atoms with Crippen LogP contribution in [-0.2, 0) is 24.1 Å². The maximum atomic E-state index is 12.2. The molecule has 0 aliphatic carbocycles. The molecule has 4 aromatic carbocycles. The van der Waals surface area contributed by atoms with Crippen LogP contribution >= 0.6 is 56.7 Å². The average Bonchev–Trinajstić information content (AvgIpc) is 2.04. The standard InChI is InChI=1S/C74H86N2O4S5/c1-6-11-16-21-26-53-47-68(83-66(53)48-54(51-75)74(77)78)69-50-63-71(65-44-42-61(82-65)28-23-18-13-8-3)72-62(70(73(63)85-69)64-43-41-60(81-64)27-22-17-12-7-2)49-67(84-72)52-29-31-55(32-30-52)76(56-33-37-58(38-34-56)79-45-24-19-14-9-4)57-35-39-59(40-36-57)80-46-25-20-15-10-5/h29-44,47-50H,6-28,45-46H2,1-5H3,(H,77,78)/b54-48+. The molecule has 9 aromatic rings. The second kappa shape index (κ2) is 32.7. The molecule has 0 spiro atoms. The molecular formula is C74H86N2O4S5. The highest BCUT2D eigenvalue weighted by Gasteiger charge is 2.26. The number of anilines is 3. The van der Waals surface area contributed by atoms with Gasteiger partial charge in [0.05, 0.1) is 13.2 Å². The van der Waals surface area contributed by atoms with Gasteiger partial charge >= 0.3 is 5.97 Å². The lowest BCUT2D eigenvalue weighted by atomic mass is 9.99. The number of benzene rings is 4. The third-order valence-corrected chi connectivity index (χ3v) is 22.0. The molecule has 0 saturated carbocycles. The number of carbonyl (C=O) groups is 1. The second-order valence-electron chi connectivity index (χ2n) is 22.6. The van der Waals surface area contributed by atoms with Crippen LogP contribution < -0.4 is 14.4 Å². The van der Waals surface area contributed by atoms with Gasteiger partial charge < -0.3 is 19.5 Å². The van der Waals surface area contributed by atoms with Crippen LogP contribution in [0.4, 0.5) is 17.1 Å². The Balaban J connectivity index is 1.16. The molecule has 5 heterocycles. The number of rotatable bonds is 36. The van der Waals surface area contributed by atoms with E-state index in [1.165, 1.54) is 156 Å². The summed E-state index contributed by atoms with van der Waals surface area (Å²) in [6, 6.07) is 44.9. The predicted octanol–water partition coefficient (Wildman–Crippen LogP) is 24.7. The number of carboxylic acids is 1. The molecule has 9 rings (SSSR count). The van der Waals surface area contributed by atoms with Crippen molar-refractivity contribution in [3.63, 3.8) is 0 Å². The molecule has 0 aliphatic heterocycles. The van der Waals surface area contributed by atoms with Gasteiger partial charge in [0, 0.05) is 87.4 Å². The van der Waals surface area contributed by atoms with E-state index in [2.05, 4.69) is 155 Å². The fourth-order valence-electron chi connectivity index (χ4n) is 11.2.